The molecule has 0 aliphatic heterocycles. The summed E-state index contributed by atoms with van der Waals surface area (Å²) in [6, 6.07) is 78.3. The molecule has 0 aromatic heterocycles. The van der Waals surface area contributed by atoms with E-state index in [1.807, 2.05) is 164 Å². The van der Waals surface area contributed by atoms with E-state index in [0.29, 0.717) is 38.5 Å². The molecule has 0 heterocycles. The van der Waals surface area contributed by atoms with E-state index in [4.69, 9.17) is 0 Å². The van der Waals surface area contributed by atoms with Gasteiger partial charge in [-0.05, 0) is 71.9 Å². The average Bonchev–Trinajstić information content (AvgIpc) is 3.33. The van der Waals surface area contributed by atoms with Crippen molar-refractivity contribution in [1.82, 2.24) is 0 Å². The molecule has 0 bridgehead atoms. The molecule has 9 rings (SSSR count). The fraction of sp³-hybridized carbons (Fsp3) is 0.100. The summed E-state index contributed by atoms with van der Waals surface area (Å²) in [5, 5.41) is 37.7. The van der Waals surface area contributed by atoms with Crippen LogP contribution in [0.15, 0.2) is 237 Å². The molecule has 0 unspecified atom stereocenters. The van der Waals surface area contributed by atoms with E-state index in [-0.39, 0.29) is 43.5 Å². The summed E-state index contributed by atoms with van der Waals surface area (Å²) in [6.45, 7) is 0. The quantitative estimate of drug-likeness (QED) is 0.115. The van der Waals surface area contributed by atoms with Crippen LogP contribution < -0.4 is 15.3 Å². The average molecular weight is 1030 g/mol. The topological polar surface area (TPSA) is 69.2 Å². The van der Waals surface area contributed by atoms with Crippen LogP contribution in [-0.2, 0) is 38.5 Å². The molecule has 9 aromatic rings. The van der Waals surface area contributed by atoms with E-state index >= 15 is 0 Å². The summed E-state index contributed by atoms with van der Waals surface area (Å²) >= 11 is 0. The molecule has 0 aliphatic carbocycles. The molecule has 0 saturated heterocycles. The van der Waals surface area contributed by atoms with Gasteiger partial charge < -0.3 is 15.3 Å². The third-order valence-electron chi connectivity index (χ3n) is 11.0. The first kappa shape index (κ1) is 46.8. The molecule has 0 N–H and O–H groups in total. The van der Waals surface area contributed by atoms with Crippen molar-refractivity contribution in [2.75, 3.05) is 0 Å². The summed E-state index contributed by atoms with van der Waals surface area (Å²) in [4.78, 5) is 0. The fourth-order valence-electron chi connectivity index (χ4n) is 7.64. The van der Waals surface area contributed by atoms with E-state index in [9.17, 15) is 15.3 Å². The molecule has 314 valence electrons. The van der Waals surface area contributed by atoms with Crippen LogP contribution in [-0.4, -0.2) is 26.2 Å². The van der Waals surface area contributed by atoms with Gasteiger partial charge >= 0.3 is 26.2 Å². The van der Waals surface area contributed by atoms with Crippen LogP contribution in [0.2, 0.25) is 0 Å². The monoisotopic (exact) mass is 1030 g/mol. The standard InChI is InChI=1S/3C20H18O.Bi/c3*21-20-18(14-16-8-3-1-4-9-16)12-7-13-19(20)15-17-10-5-2-6-11-17;/h3*1-13,21H,14-15H2;/q;;;+3/p-3. The van der Waals surface area contributed by atoms with E-state index in [0.717, 1.165) is 33.4 Å². The predicted molar refractivity (Wildman–Crippen MR) is 259 cm³/mol. The second-order valence-corrected chi connectivity index (χ2v) is 15.7. The molecule has 4 heteroatoms. The van der Waals surface area contributed by atoms with Crippen LogP contribution in [0.4, 0.5) is 0 Å². The maximum atomic E-state index is 12.6. The zero-order valence-electron chi connectivity index (χ0n) is 35.9. The molecule has 0 spiro atoms. The number of para-hydroxylation sites is 3. The smallest absolute Gasteiger partial charge is 0.872 e. The van der Waals surface area contributed by atoms with Crippen molar-refractivity contribution in [3.8, 4) is 17.2 Å². The first-order valence-corrected chi connectivity index (χ1v) is 21.6. The summed E-state index contributed by atoms with van der Waals surface area (Å²) in [5.74, 6) is 0.514. The Bertz CT molecular complexity index is 2240. The summed E-state index contributed by atoms with van der Waals surface area (Å²) in [5.41, 5.74) is 12.3. The third-order valence-corrected chi connectivity index (χ3v) is 11.0. The largest absolute Gasteiger partial charge is 3.00 e. The van der Waals surface area contributed by atoms with E-state index < -0.39 is 0 Å². The second-order valence-electron chi connectivity index (χ2n) is 15.7. The van der Waals surface area contributed by atoms with Gasteiger partial charge in [-0.25, -0.2) is 0 Å². The summed E-state index contributed by atoms with van der Waals surface area (Å²) in [7, 11) is 0. The van der Waals surface area contributed by atoms with Gasteiger partial charge in [-0.1, -0.05) is 270 Å². The Labute approximate surface area is 398 Å². The minimum absolute atomic E-state index is 0. The number of hydrogen-bond donors (Lipinski definition) is 0. The Hall–Kier alpha value is -6.74. The van der Waals surface area contributed by atoms with E-state index in [1.54, 1.807) is 0 Å². The van der Waals surface area contributed by atoms with Crippen LogP contribution in [0.25, 0.3) is 0 Å². The van der Waals surface area contributed by atoms with Crippen molar-refractivity contribution in [1.29, 1.82) is 0 Å². The van der Waals surface area contributed by atoms with Gasteiger partial charge in [0.25, 0.3) is 0 Å². The van der Waals surface area contributed by atoms with Crippen LogP contribution >= 0.6 is 0 Å². The minimum Gasteiger partial charge on any atom is -0.872 e. The van der Waals surface area contributed by atoms with Gasteiger partial charge in [0, 0.05) is 0 Å². The van der Waals surface area contributed by atoms with Crippen molar-refractivity contribution in [2.45, 2.75) is 38.5 Å². The Kier molecular flexibility index (Phi) is 18.1. The van der Waals surface area contributed by atoms with Gasteiger partial charge in [0.15, 0.2) is 0 Å². The zero-order valence-corrected chi connectivity index (χ0v) is 39.4. The number of rotatable bonds is 12. The van der Waals surface area contributed by atoms with E-state index in [2.05, 4.69) is 72.8 Å². The Morgan fingerprint density at radius 2 is 0.328 bits per heavy atom. The van der Waals surface area contributed by atoms with E-state index in [1.165, 1.54) is 33.4 Å². The van der Waals surface area contributed by atoms with Gasteiger partial charge in [-0.3, -0.25) is 0 Å². The molecule has 0 amide bonds. The van der Waals surface area contributed by atoms with Crippen molar-refractivity contribution in [2.24, 2.45) is 0 Å². The zero-order chi connectivity index (χ0) is 43.5. The number of benzene rings is 9. The van der Waals surface area contributed by atoms with Crippen LogP contribution in [0, 0.1) is 0 Å². The molecule has 3 nitrogen and oxygen atoms in total. The van der Waals surface area contributed by atoms with Crippen molar-refractivity contribution in [3.05, 3.63) is 303 Å². The molecule has 0 atom stereocenters. The Morgan fingerprint density at radius 3 is 0.469 bits per heavy atom. The van der Waals surface area contributed by atoms with Gasteiger partial charge in [0.2, 0.25) is 0 Å². The van der Waals surface area contributed by atoms with Gasteiger partial charge in [0.05, 0.1) is 0 Å². The van der Waals surface area contributed by atoms with Gasteiger partial charge in [-0.15, -0.1) is 17.2 Å². The maximum Gasteiger partial charge on any atom is 3.00 e. The first-order valence-electron chi connectivity index (χ1n) is 21.6. The Morgan fingerprint density at radius 1 is 0.188 bits per heavy atom. The SMILES string of the molecule is [Bi+3].[O-]c1c(Cc2ccccc2)cccc1Cc1ccccc1.[O-]c1c(Cc2ccccc2)cccc1Cc1ccccc1.[O-]c1c(Cc2ccccc2)cccc1Cc1ccccc1. The summed E-state index contributed by atoms with van der Waals surface area (Å²) < 4.78 is 0. The molecule has 9 aromatic carbocycles. The molecule has 0 saturated carbocycles. The molecular weight excluding hydrogens is 978 g/mol. The molecule has 64 heavy (non-hydrogen) atoms. The maximum absolute atomic E-state index is 12.6. The molecule has 0 fully saturated rings. The van der Waals surface area contributed by atoms with Crippen molar-refractivity contribution >= 4 is 26.2 Å². The molecule has 0 aliphatic rings. The fourth-order valence-corrected chi connectivity index (χ4v) is 7.64. The van der Waals surface area contributed by atoms with Crippen LogP contribution in [0.5, 0.6) is 17.2 Å². The molecular formula is C60H51BiO3. The minimum atomic E-state index is 0. The third kappa shape index (κ3) is 14.1. The number of hydrogen-bond acceptors (Lipinski definition) is 3. The van der Waals surface area contributed by atoms with Gasteiger partial charge in [-0.2, -0.15) is 0 Å². The Balaban J connectivity index is 0.000000158. The van der Waals surface area contributed by atoms with Crippen molar-refractivity contribution < 1.29 is 15.3 Å². The summed E-state index contributed by atoms with van der Waals surface area (Å²) in [6.07, 6.45) is 4.18. The predicted octanol–water partition coefficient (Wildman–Crippen LogP) is 11.4. The van der Waals surface area contributed by atoms with Gasteiger partial charge in [0.1, 0.15) is 0 Å². The first-order chi connectivity index (χ1) is 31.0. The second kappa shape index (κ2) is 24.8. The van der Waals surface area contributed by atoms with Crippen LogP contribution in [0.1, 0.15) is 66.8 Å². The van der Waals surface area contributed by atoms with Crippen molar-refractivity contribution in [3.63, 3.8) is 0 Å². The van der Waals surface area contributed by atoms with Crippen LogP contribution in [0.3, 0.4) is 0 Å². The molecule has 2 radical (unpaired) electrons. The normalized spacial score (nSPS) is 10.3.